The number of aromatic amines is 1. The number of rotatable bonds is 3. The molecule has 4 aromatic rings. The van der Waals surface area contributed by atoms with Crippen LogP contribution >= 0.6 is 11.6 Å². The molecule has 4 nitrogen and oxygen atoms in total. The van der Waals surface area contributed by atoms with E-state index in [0.717, 1.165) is 38.6 Å². The molecular formula is C20H17ClN2O2. The number of H-pyrrole nitrogens is 1. The van der Waals surface area contributed by atoms with Gasteiger partial charge in [0.1, 0.15) is 0 Å². The molecule has 126 valence electrons. The number of nitrogens with one attached hydrogen (secondary N) is 1. The third-order valence-corrected chi connectivity index (χ3v) is 4.70. The number of benzene rings is 2. The molecule has 0 fully saturated rings. The molecule has 0 aliphatic heterocycles. The Bertz CT molecular complexity index is 1100. The molecule has 4 rings (SSSR count). The van der Waals surface area contributed by atoms with E-state index in [1.807, 2.05) is 49.5 Å². The van der Waals surface area contributed by atoms with Gasteiger partial charge in [-0.25, -0.2) is 0 Å². The number of hydrogen-bond acceptors (Lipinski definition) is 3. The van der Waals surface area contributed by atoms with Crippen molar-refractivity contribution in [3.63, 3.8) is 0 Å². The lowest BCUT2D eigenvalue weighted by molar-refractivity contribution is 0.355. The first-order chi connectivity index (χ1) is 12.1. The van der Waals surface area contributed by atoms with Crippen molar-refractivity contribution in [2.45, 2.75) is 6.92 Å². The number of aromatic nitrogens is 2. The van der Waals surface area contributed by atoms with Gasteiger partial charge in [0.2, 0.25) is 0 Å². The van der Waals surface area contributed by atoms with Gasteiger partial charge in [-0.05, 0) is 42.8 Å². The van der Waals surface area contributed by atoms with E-state index < -0.39 is 0 Å². The molecule has 0 aliphatic rings. The average molecular weight is 353 g/mol. The van der Waals surface area contributed by atoms with Crippen LogP contribution in [0.5, 0.6) is 11.5 Å². The lowest BCUT2D eigenvalue weighted by Crippen LogP contribution is -1.91. The zero-order chi connectivity index (χ0) is 17.6. The van der Waals surface area contributed by atoms with E-state index in [1.54, 1.807) is 14.2 Å². The van der Waals surface area contributed by atoms with E-state index in [0.29, 0.717) is 16.5 Å². The normalized spacial score (nSPS) is 11.2. The predicted molar refractivity (Wildman–Crippen MR) is 102 cm³/mol. The molecular weight excluding hydrogens is 336 g/mol. The molecule has 2 heterocycles. The van der Waals surface area contributed by atoms with Gasteiger partial charge in [0.25, 0.3) is 0 Å². The van der Waals surface area contributed by atoms with Crippen LogP contribution in [0.25, 0.3) is 32.9 Å². The smallest absolute Gasteiger partial charge is 0.161 e. The van der Waals surface area contributed by atoms with Crippen molar-refractivity contribution in [3.8, 4) is 22.6 Å². The maximum absolute atomic E-state index is 6.42. The molecule has 0 spiro atoms. The second kappa shape index (κ2) is 5.97. The van der Waals surface area contributed by atoms with E-state index in [9.17, 15) is 0 Å². The van der Waals surface area contributed by atoms with Crippen molar-refractivity contribution in [1.82, 2.24) is 9.97 Å². The van der Waals surface area contributed by atoms with Crippen LogP contribution in [0.15, 0.2) is 42.6 Å². The van der Waals surface area contributed by atoms with Gasteiger partial charge in [-0.1, -0.05) is 17.7 Å². The fraction of sp³-hybridized carbons (Fsp3) is 0.150. The molecule has 0 aliphatic carbocycles. The summed E-state index contributed by atoms with van der Waals surface area (Å²) >= 11 is 6.42. The molecule has 0 unspecified atom stereocenters. The fourth-order valence-electron chi connectivity index (χ4n) is 3.26. The molecule has 1 N–H and O–H groups in total. The molecule has 2 aromatic carbocycles. The zero-order valence-electron chi connectivity index (χ0n) is 14.2. The Morgan fingerprint density at radius 3 is 2.48 bits per heavy atom. The molecule has 2 aromatic heterocycles. The predicted octanol–water partition coefficient (Wildman–Crippen LogP) is 5.36. The van der Waals surface area contributed by atoms with E-state index in [-0.39, 0.29) is 0 Å². The lowest BCUT2D eigenvalue weighted by atomic mass is 10.0. The first-order valence-electron chi connectivity index (χ1n) is 7.91. The summed E-state index contributed by atoms with van der Waals surface area (Å²) < 4.78 is 10.8. The summed E-state index contributed by atoms with van der Waals surface area (Å²) in [5, 5.41) is 2.89. The maximum atomic E-state index is 6.42. The molecule has 0 saturated heterocycles. The van der Waals surface area contributed by atoms with Gasteiger partial charge < -0.3 is 14.5 Å². The quantitative estimate of drug-likeness (QED) is 0.539. The highest BCUT2D eigenvalue weighted by Gasteiger charge is 2.14. The molecule has 0 saturated carbocycles. The van der Waals surface area contributed by atoms with Crippen molar-refractivity contribution in [2.75, 3.05) is 14.2 Å². The second-order valence-electron chi connectivity index (χ2n) is 5.89. The van der Waals surface area contributed by atoms with Crippen LogP contribution in [0.2, 0.25) is 5.02 Å². The van der Waals surface area contributed by atoms with Crippen LogP contribution in [0.4, 0.5) is 0 Å². The van der Waals surface area contributed by atoms with Crippen LogP contribution in [-0.2, 0) is 0 Å². The number of methoxy groups -OCH3 is 2. The van der Waals surface area contributed by atoms with Crippen molar-refractivity contribution < 1.29 is 9.47 Å². The van der Waals surface area contributed by atoms with Crippen molar-refractivity contribution in [3.05, 3.63) is 53.3 Å². The topological polar surface area (TPSA) is 47.1 Å². The molecule has 0 radical (unpaired) electrons. The highest BCUT2D eigenvalue weighted by Crippen LogP contribution is 2.39. The molecule has 0 atom stereocenters. The van der Waals surface area contributed by atoms with Crippen LogP contribution < -0.4 is 9.47 Å². The summed E-state index contributed by atoms with van der Waals surface area (Å²) in [5.41, 5.74) is 5.04. The van der Waals surface area contributed by atoms with Crippen molar-refractivity contribution in [2.24, 2.45) is 0 Å². The number of nitrogens with zero attached hydrogens (tertiary/aromatic N) is 1. The maximum Gasteiger partial charge on any atom is 0.161 e. The number of pyridine rings is 1. The van der Waals surface area contributed by atoms with Crippen LogP contribution in [0.1, 0.15) is 5.69 Å². The van der Waals surface area contributed by atoms with Gasteiger partial charge in [0.05, 0.1) is 30.9 Å². The first kappa shape index (κ1) is 15.8. The Hall–Kier alpha value is -2.72. The van der Waals surface area contributed by atoms with Crippen molar-refractivity contribution in [1.29, 1.82) is 0 Å². The third kappa shape index (κ3) is 2.50. The number of fused-ring (bicyclic) bond motifs is 3. The van der Waals surface area contributed by atoms with E-state index in [2.05, 4.69) is 9.97 Å². The summed E-state index contributed by atoms with van der Waals surface area (Å²) in [6.45, 7) is 2.00. The Balaban J connectivity index is 2.05. The number of hydrogen-bond donors (Lipinski definition) is 1. The van der Waals surface area contributed by atoms with Crippen LogP contribution in [0, 0.1) is 6.92 Å². The fourth-order valence-corrected chi connectivity index (χ4v) is 3.48. The summed E-state index contributed by atoms with van der Waals surface area (Å²) in [6, 6.07) is 11.8. The highest BCUT2D eigenvalue weighted by molar-refractivity contribution is 6.32. The molecule has 25 heavy (non-hydrogen) atoms. The number of ether oxygens (including phenoxy) is 2. The van der Waals surface area contributed by atoms with E-state index in [4.69, 9.17) is 21.1 Å². The molecule has 5 heteroatoms. The average Bonchev–Trinajstić information content (AvgIpc) is 3.00. The molecule has 0 amide bonds. The summed E-state index contributed by atoms with van der Waals surface area (Å²) in [7, 11) is 3.26. The summed E-state index contributed by atoms with van der Waals surface area (Å²) in [4.78, 5) is 7.89. The first-order valence-corrected chi connectivity index (χ1v) is 8.29. The van der Waals surface area contributed by atoms with Crippen LogP contribution in [-0.4, -0.2) is 24.2 Å². The Kier molecular flexibility index (Phi) is 3.77. The number of aryl methyl sites for hydroxylation is 1. The highest BCUT2D eigenvalue weighted by atomic mass is 35.5. The SMILES string of the molecule is COc1ccc(-c2cc(Cl)cc3c2[nH]c2c(C)nccc23)cc1OC. The Morgan fingerprint density at radius 1 is 0.920 bits per heavy atom. The van der Waals surface area contributed by atoms with Gasteiger partial charge >= 0.3 is 0 Å². The minimum absolute atomic E-state index is 0.682. The zero-order valence-corrected chi connectivity index (χ0v) is 14.9. The number of halogens is 1. The minimum Gasteiger partial charge on any atom is -0.493 e. The largest absolute Gasteiger partial charge is 0.493 e. The molecule has 0 bridgehead atoms. The van der Waals surface area contributed by atoms with Crippen molar-refractivity contribution >= 4 is 33.4 Å². The summed E-state index contributed by atoms with van der Waals surface area (Å²) in [5.74, 6) is 1.38. The minimum atomic E-state index is 0.682. The van der Waals surface area contributed by atoms with E-state index in [1.165, 1.54) is 0 Å². The lowest BCUT2D eigenvalue weighted by Gasteiger charge is -2.11. The van der Waals surface area contributed by atoms with Gasteiger partial charge in [-0.3, -0.25) is 4.98 Å². The van der Waals surface area contributed by atoms with Gasteiger partial charge in [-0.2, -0.15) is 0 Å². The van der Waals surface area contributed by atoms with Gasteiger partial charge in [0, 0.05) is 27.6 Å². The van der Waals surface area contributed by atoms with Crippen LogP contribution in [0.3, 0.4) is 0 Å². The van der Waals surface area contributed by atoms with E-state index >= 15 is 0 Å². The summed E-state index contributed by atoms with van der Waals surface area (Å²) in [6.07, 6.45) is 1.82. The van der Waals surface area contributed by atoms with Gasteiger partial charge in [0.15, 0.2) is 11.5 Å². The standard InChI is InChI=1S/C20H17ClN2O2/c1-11-19-14(6-7-22-11)16-10-13(21)9-15(20(16)23-19)12-4-5-17(24-2)18(8-12)25-3/h4-10,23H,1-3H3. The Labute approximate surface area is 150 Å². The Morgan fingerprint density at radius 2 is 1.72 bits per heavy atom. The monoisotopic (exact) mass is 352 g/mol. The third-order valence-electron chi connectivity index (χ3n) is 4.48. The second-order valence-corrected chi connectivity index (χ2v) is 6.33. The van der Waals surface area contributed by atoms with Gasteiger partial charge in [-0.15, -0.1) is 0 Å².